The molecule has 0 bridgehead atoms. The second-order valence-corrected chi connectivity index (χ2v) is 5.99. The van der Waals surface area contributed by atoms with E-state index in [-0.39, 0.29) is 40.7 Å². The van der Waals surface area contributed by atoms with Crippen LogP contribution in [0.5, 0.6) is 5.88 Å². The quantitative estimate of drug-likeness (QED) is 0.298. The number of rotatable bonds is 4. The molecule has 3 rings (SSSR count). The second kappa shape index (κ2) is 7.30. The molecule has 4 N–H and O–H groups in total. The second-order valence-electron chi connectivity index (χ2n) is 4.80. The molecule has 0 unspecified atom stereocenters. The SMILES string of the molecule is O=P(O)(O)O[C@H]1[C@@H](O)[C@H](n2cnc3c([O-])ncnc32)O[C@@H]1CO.[Na+]. The maximum atomic E-state index is 11.6. The predicted octanol–water partition coefficient (Wildman–Crippen LogP) is -5.37. The zero-order chi connectivity index (χ0) is 16.8. The summed E-state index contributed by atoms with van der Waals surface area (Å²) in [4.78, 5) is 28.9. The largest absolute Gasteiger partial charge is 1.00 e. The van der Waals surface area contributed by atoms with E-state index in [1.165, 1.54) is 10.9 Å². The van der Waals surface area contributed by atoms with Gasteiger partial charge in [-0.15, -0.1) is 0 Å². The van der Waals surface area contributed by atoms with Gasteiger partial charge >= 0.3 is 37.4 Å². The summed E-state index contributed by atoms with van der Waals surface area (Å²) < 4.78 is 22.0. The summed E-state index contributed by atoms with van der Waals surface area (Å²) in [7, 11) is -4.91. The Bertz CT molecular complexity index is 768. The first-order valence-electron chi connectivity index (χ1n) is 6.34. The van der Waals surface area contributed by atoms with Crippen molar-refractivity contribution in [2.75, 3.05) is 6.61 Å². The third-order valence-corrected chi connectivity index (χ3v) is 3.87. The molecule has 4 atom stereocenters. The number of hydrogen-bond donors (Lipinski definition) is 4. The molecule has 0 saturated carbocycles. The molecule has 126 valence electrons. The van der Waals surface area contributed by atoms with Gasteiger partial charge < -0.3 is 29.8 Å². The predicted molar refractivity (Wildman–Crippen MR) is 68.7 cm³/mol. The molecule has 0 aromatic carbocycles. The molecule has 14 heteroatoms. The summed E-state index contributed by atoms with van der Waals surface area (Å²) in [6.45, 7) is -0.646. The standard InChI is InChI=1S/C10H13N4O8P.Na/c15-1-4-7(22-23(18,19)20)6(16)10(21-4)14-3-13-5-8(14)11-2-12-9(5)17;/h2-4,6-7,10,15-16H,1H2,(H,11,12,17)(H2,18,19,20);/q;+1/p-1/t4-,6-,7-,10-;/m1./s1. The van der Waals surface area contributed by atoms with Crippen LogP contribution >= 0.6 is 7.82 Å². The number of aliphatic hydroxyl groups excluding tert-OH is 2. The van der Waals surface area contributed by atoms with Gasteiger partial charge in [0.2, 0.25) is 0 Å². The van der Waals surface area contributed by atoms with E-state index in [2.05, 4.69) is 19.5 Å². The number of aliphatic hydroxyl groups is 2. The van der Waals surface area contributed by atoms with Gasteiger partial charge in [-0.25, -0.2) is 14.5 Å². The molecule has 1 aliphatic rings. The number of imidazole rings is 1. The van der Waals surface area contributed by atoms with Gasteiger partial charge in [0.1, 0.15) is 30.2 Å². The number of hydrogen-bond acceptors (Lipinski definition) is 9. The molecule has 1 fully saturated rings. The fraction of sp³-hybridized carbons (Fsp3) is 0.500. The summed E-state index contributed by atoms with van der Waals surface area (Å²) in [5.41, 5.74) is 0.0192. The summed E-state index contributed by atoms with van der Waals surface area (Å²) in [5, 5.41) is 31.1. The van der Waals surface area contributed by atoms with E-state index >= 15 is 0 Å². The number of fused-ring (bicyclic) bond motifs is 1. The van der Waals surface area contributed by atoms with Crippen molar-refractivity contribution in [1.82, 2.24) is 19.5 Å². The molecule has 2 aromatic heterocycles. The smallest absolute Gasteiger partial charge is 0.857 e. The van der Waals surface area contributed by atoms with Gasteiger partial charge in [0.05, 0.1) is 12.9 Å². The minimum Gasteiger partial charge on any atom is -0.857 e. The minimum absolute atomic E-state index is 0. The Kier molecular flexibility index (Phi) is 5.98. The summed E-state index contributed by atoms with van der Waals surface area (Å²) in [5.74, 6) is -0.622. The maximum Gasteiger partial charge on any atom is 1.00 e. The Labute approximate surface area is 156 Å². The van der Waals surface area contributed by atoms with Crippen molar-refractivity contribution in [3.05, 3.63) is 12.7 Å². The number of phosphoric acid groups is 1. The van der Waals surface area contributed by atoms with Gasteiger partial charge in [-0.1, -0.05) is 0 Å². The summed E-state index contributed by atoms with van der Waals surface area (Å²) in [6.07, 6.45) is -3.23. The fourth-order valence-electron chi connectivity index (χ4n) is 2.40. The molecule has 0 amide bonds. The molecule has 0 spiro atoms. The first kappa shape index (κ1) is 19.7. The van der Waals surface area contributed by atoms with Gasteiger partial charge in [-0.05, 0) is 0 Å². The van der Waals surface area contributed by atoms with Crippen molar-refractivity contribution in [3.63, 3.8) is 0 Å². The van der Waals surface area contributed by atoms with E-state index in [1.807, 2.05) is 0 Å². The molecule has 2 aromatic rings. The first-order chi connectivity index (χ1) is 10.8. The van der Waals surface area contributed by atoms with Crippen molar-refractivity contribution in [2.45, 2.75) is 24.5 Å². The number of aromatic nitrogens is 4. The Morgan fingerprint density at radius 1 is 1.38 bits per heavy atom. The third kappa shape index (κ3) is 3.63. The Balaban J connectivity index is 0.00000208. The maximum absolute atomic E-state index is 11.6. The van der Waals surface area contributed by atoms with Gasteiger partial charge in [0.25, 0.3) is 0 Å². The van der Waals surface area contributed by atoms with Crippen LogP contribution < -0.4 is 34.7 Å². The molecular weight excluding hydrogens is 358 g/mol. The molecule has 1 aliphatic heterocycles. The molecule has 0 radical (unpaired) electrons. The van der Waals surface area contributed by atoms with Crippen LogP contribution in [0.1, 0.15) is 6.23 Å². The Morgan fingerprint density at radius 2 is 2.08 bits per heavy atom. The molecule has 24 heavy (non-hydrogen) atoms. The van der Waals surface area contributed by atoms with E-state index in [0.717, 1.165) is 6.33 Å². The van der Waals surface area contributed by atoms with Crippen LogP contribution in [-0.2, 0) is 13.8 Å². The van der Waals surface area contributed by atoms with Crippen molar-refractivity contribution in [2.24, 2.45) is 0 Å². The van der Waals surface area contributed by atoms with E-state index in [0.29, 0.717) is 0 Å². The van der Waals surface area contributed by atoms with Crippen LogP contribution in [0.4, 0.5) is 0 Å². The number of phosphoric ester groups is 1. The summed E-state index contributed by atoms with van der Waals surface area (Å²) >= 11 is 0. The van der Waals surface area contributed by atoms with Gasteiger partial charge in [0.15, 0.2) is 11.9 Å². The van der Waals surface area contributed by atoms with E-state index in [4.69, 9.17) is 14.5 Å². The fourth-order valence-corrected chi connectivity index (χ4v) is 2.98. The monoisotopic (exact) mass is 370 g/mol. The van der Waals surface area contributed by atoms with E-state index in [1.54, 1.807) is 0 Å². The average Bonchev–Trinajstić information content (AvgIpc) is 3.01. The number of ether oxygens (including phenoxy) is 1. The zero-order valence-electron chi connectivity index (χ0n) is 12.3. The molecule has 1 saturated heterocycles. The molecular formula is C10H12N4NaO8P. The third-order valence-electron chi connectivity index (χ3n) is 3.35. The summed E-state index contributed by atoms with van der Waals surface area (Å²) in [6, 6.07) is 0. The van der Waals surface area contributed by atoms with Crippen molar-refractivity contribution < 1.29 is 68.5 Å². The zero-order valence-corrected chi connectivity index (χ0v) is 15.2. The van der Waals surface area contributed by atoms with Crippen LogP contribution in [0.15, 0.2) is 12.7 Å². The van der Waals surface area contributed by atoms with Crippen LogP contribution in [0.25, 0.3) is 11.2 Å². The first-order valence-corrected chi connectivity index (χ1v) is 7.87. The topological polar surface area (TPSA) is 183 Å². The van der Waals surface area contributed by atoms with E-state index < -0.39 is 44.8 Å². The molecule has 0 aliphatic carbocycles. The van der Waals surface area contributed by atoms with Crippen molar-refractivity contribution >= 4 is 19.0 Å². The van der Waals surface area contributed by atoms with Gasteiger partial charge in [0, 0.05) is 5.88 Å². The molecule has 12 nitrogen and oxygen atoms in total. The normalized spacial score (nSPS) is 27.3. The van der Waals surface area contributed by atoms with Crippen LogP contribution in [0.2, 0.25) is 0 Å². The molecule has 3 heterocycles. The van der Waals surface area contributed by atoms with Gasteiger partial charge in [-0.3, -0.25) is 14.1 Å². The Morgan fingerprint density at radius 3 is 2.71 bits per heavy atom. The minimum atomic E-state index is -4.91. The Hall–Kier alpha value is -0.660. The number of nitrogens with zero attached hydrogens (tertiary/aromatic N) is 4. The van der Waals surface area contributed by atoms with Crippen LogP contribution in [-0.4, -0.2) is 64.4 Å². The van der Waals surface area contributed by atoms with Crippen LogP contribution in [0, 0.1) is 0 Å². The van der Waals surface area contributed by atoms with Crippen molar-refractivity contribution in [1.29, 1.82) is 0 Å². The van der Waals surface area contributed by atoms with Crippen molar-refractivity contribution in [3.8, 4) is 5.88 Å². The van der Waals surface area contributed by atoms with Crippen LogP contribution in [0.3, 0.4) is 0 Å². The van der Waals surface area contributed by atoms with Gasteiger partial charge in [-0.2, -0.15) is 0 Å². The average molecular weight is 370 g/mol. The van der Waals surface area contributed by atoms with E-state index in [9.17, 15) is 19.9 Å².